The van der Waals surface area contributed by atoms with Crippen LogP contribution in [0.5, 0.6) is 0 Å². The topological polar surface area (TPSA) is 50.2 Å². The van der Waals surface area contributed by atoms with Gasteiger partial charge in [0.2, 0.25) is 0 Å². The Kier molecular flexibility index (Phi) is 3.53. The number of amides is 1. The zero-order chi connectivity index (χ0) is 14.0. The molecule has 0 bridgehead atoms. The van der Waals surface area contributed by atoms with Crippen LogP contribution in [-0.4, -0.2) is 52.7 Å². The third kappa shape index (κ3) is 3.09. The Labute approximate surface area is 109 Å². The molecule has 0 unspecified atom stereocenters. The molecule has 1 fully saturated rings. The maximum Gasteiger partial charge on any atom is 0.272 e. The Balaban J connectivity index is 1.77. The second kappa shape index (κ2) is 4.97. The van der Waals surface area contributed by atoms with Crippen molar-refractivity contribution in [2.45, 2.75) is 5.92 Å². The molecule has 0 aromatic carbocycles. The van der Waals surface area contributed by atoms with Gasteiger partial charge in [0.1, 0.15) is 5.69 Å². The van der Waals surface area contributed by atoms with Crippen molar-refractivity contribution in [1.29, 1.82) is 0 Å². The lowest BCUT2D eigenvalue weighted by Crippen LogP contribution is -2.57. The van der Waals surface area contributed by atoms with Gasteiger partial charge in [-0.2, -0.15) is 5.10 Å². The second-order valence-corrected chi connectivity index (χ2v) is 4.51. The van der Waals surface area contributed by atoms with E-state index in [2.05, 4.69) is 16.3 Å². The highest BCUT2D eigenvalue weighted by Crippen LogP contribution is 2.25. The van der Waals surface area contributed by atoms with Crippen LogP contribution in [0.2, 0.25) is 0 Å². The average Bonchev–Trinajstić information content (AvgIpc) is 2.68. The SMILES string of the molecule is C#Cc1cc(C(=O)NCCN2CC(F)(F)C2)nn1C. The Bertz CT molecular complexity index is 524. The monoisotopic (exact) mass is 268 g/mol. The van der Waals surface area contributed by atoms with Gasteiger partial charge in [-0.3, -0.25) is 14.4 Å². The Morgan fingerprint density at radius 2 is 2.32 bits per heavy atom. The minimum Gasteiger partial charge on any atom is -0.349 e. The van der Waals surface area contributed by atoms with Crippen LogP contribution in [0.3, 0.4) is 0 Å². The predicted molar refractivity (Wildman–Crippen MR) is 64.9 cm³/mol. The summed E-state index contributed by atoms with van der Waals surface area (Å²) >= 11 is 0. The molecule has 1 saturated heterocycles. The lowest BCUT2D eigenvalue weighted by molar-refractivity contribution is -0.129. The quantitative estimate of drug-likeness (QED) is 0.787. The zero-order valence-electron chi connectivity index (χ0n) is 10.5. The van der Waals surface area contributed by atoms with Gasteiger partial charge >= 0.3 is 0 Å². The third-order valence-corrected chi connectivity index (χ3v) is 2.88. The minimum atomic E-state index is -2.58. The summed E-state index contributed by atoms with van der Waals surface area (Å²) in [6, 6.07) is 1.51. The molecular weight excluding hydrogens is 254 g/mol. The summed E-state index contributed by atoms with van der Waals surface area (Å²) < 4.78 is 26.6. The van der Waals surface area contributed by atoms with Gasteiger partial charge in [-0.1, -0.05) is 5.92 Å². The van der Waals surface area contributed by atoms with Gasteiger partial charge in [-0.05, 0) is 0 Å². The van der Waals surface area contributed by atoms with Crippen LogP contribution in [0.15, 0.2) is 6.07 Å². The van der Waals surface area contributed by atoms with Gasteiger partial charge in [0.05, 0.1) is 13.1 Å². The van der Waals surface area contributed by atoms with Crippen LogP contribution in [0.25, 0.3) is 0 Å². The zero-order valence-corrected chi connectivity index (χ0v) is 10.5. The van der Waals surface area contributed by atoms with E-state index in [-0.39, 0.29) is 24.7 Å². The molecule has 0 spiro atoms. The summed E-state index contributed by atoms with van der Waals surface area (Å²) in [7, 11) is 1.65. The molecule has 1 aliphatic rings. The number of aromatic nitrogens is 2. The number of alkyl halides is 2. The van der Waals surface area contributed by atoms with Gasteiger partial charge in [0.15, 0.2) is 5.69 Å². The number of hydrogen-bond acceptors (Lipinski definition) is 3. The van der Waals surface area contributed by atoms with Crippen LogP contribution in [0.1, 0.15) is 16.2 Å². The van der Waals surface area contributed by atoms with Crippen LogP contribution >= 0.6 is 0 Å². The Hall–Kier alpha value is -1.94. The van der Waals surface area contributed by atoms with E-state index in [1.165, 1.54) is 10.7 Å². The van der Waals surface area contributed by atoms with Crippen LogP contribution in [0.4, 0.5) is 8.78 Å². The Morgan fingerprint density at radius 1 is 1.63 bits per heavy atom. The average molecular weight is 268 g/mol. The number of nitrogens with zero attached hydrogens (tertiary/aromatic N) is 3. The van der Waals surface area contributed by atoms with E-state index in [9.17, 15) is 13.6 Å². The van der Waals surface area contributed by atoms with Gasteiger partial charge in [0.25, 0.3) is 11.8 Å². The fourth-order valence-electron chi connectivity index (χ4n) is 1.90. The molecule has 1 aromatic rings. The second-order valence-electron chi connectivity index (χ2n) is 4.51. The molecule has 1 N–H and O–H groups in total. The fourth-order valence-corrected chi connectivity index (χ4v) is 1.90. The van der Waals surface area contributed by atoms with Crippen molar-refractivity contribution in [3.05, 3.63) is 17.5 Å². The molecule has 2 heterocycles. The number of likely N-dealkylation sites (tertiary alicyclic amines) is 1. The van der Waals surface area contributed by atoms with Crippen molar-refractivity contribution >= 4 is 5.91 Å². The molecule has 1 amide bonds. The number of hydrogen-bond donors (Lipinski definition) is 1. The molecule has 0 radical (unpaired) electrons. The van der Waals surface area contributed by atoms with Crippen molar-refractivity contribution in [1.82, 2.24) is 20.0 Å². The maximum absolute atomic E-state index is 12.6. The molecule has 102 valence electrons. The first-order valence-electron chi connectivity index (χ1n) is 5.80. The van der Waals surface area contributed by atoms with Gasteiger partial charge in [-0.15, -0.1) is 6.42 Å². The molecule has 0 saturated carbocycles. The van der Waals surface area contributed by atoms with Gasteiger partial charge in [-0.25, -0.2) is 8.78 Å². The first-order chi connectivity index (χ1) is 8.91. The van der Waals surface area contributed by atoms with Crippen molar-refractivity contribution in [3.8, 4) is 12.3 Å². The van der Waals surface area contributed by atoms with E-state index in [1.807, 2.05) is 0 Å². The van der Waals surface area contributed by atoms with Crippen molar-refractivity contribution in [3.63, 3.8) is 0 Å². The predicted octanol–water partition coefficient (Wildman–Crippen LogP) is 0.0821. The van der Waals surface area contributed by atoms with Gasteiger partial charge in [0, 0.05) is 26.2 Å². The standard InChI is InChI=1S/C12H14F2N4O/c1-3-9-6-10(16-17(9)2)11(19)15-4-5-18-7-12(13,14)8-18/h1,6H,4-5,7-8H2,2H3,(H,15,19). The normalized spacial score (nSPS) is 17.6. The summed E-state index contributed by atoms with van der Waals surface area (Å²) in [4.78, 5) is 13.3. The molecule has 19 heavy (non-hydrogen) atoms. The van der Waals surface area contributed by atoms with Crippen LogP contribution in [0, 0.1) is 12.3 Å². The van der Waals surface area contributed by atoms with Crippen molar-refractivity contribution in [2.75, 3.05) is 26.2 Å². The first kappa shape index (κ1) is 13.5. The molecule has 0 aliphatic carbocycles. The van der Waals surface area contributed by atoms with E-state index in [1.54, 1.807) is 11.9 Å². The van der Waals surface area contributed by atoms with Gasteiger partial charge < -0.3 is 5.32 Å². The fraction of sp³-hybridized carbons (Fsp3) is 0.500. The molecule has 2 rings (SSSR count). The highest BCUT2D eigenvalue weighted by molar-refractivity contribution is 5.92. The summed E-state index contributed by atoms with van der Waals surface area (Å²) in [6.45, 7) is 0.217. The van der Waals surface area contributed by atoms with E-state index in [0.717, 1.165) is 0 Å². The van der Waals surface area contributed by atoms with Crippen LogP contribution < -0.4 is 5.32 Å². The van der Waals surface area contributed by atoms with E-state index in [0.29, 0.717) is 18.8 Å². The number of rotatable bonds is 4. The van der Waals surface area contributed by atoms with E-state index in [4.69, 9.17) is 6.42 Å². The number of halogens is 2. The lowest BCUT2D eigenvalue weighted by atomic mass is 10.1. The molecule has 5 nitrogen and oxygen atoms in total. The van der Waals surface area contributed by atoms with E-state index < -0.39 is 5.92 Å². The highest BCUT2D eigenvalue weighted by atomic mass is 19.3. The molecule has 7 heteroatoms. The first-order valence-corrected chi connectivity index (χ1v) is 5.80. The minimum absolute atomic E-state index is 0.226. The largest absolute Gasteiger partial charge is 0.349 e. The summed E-state index contributed by atoms with van der Waals surface area (Å²) in [6.07, 6.45) is 5.23. The number of aryl methyl sites for hydroxylation is 1. The number of carbonyl (C=O) groups excluding carboxylic acids is 1. The van der Waals surface area contributed by atoms with Crippen molar-refractivity contribution in [2.24, 2.45) is 7.05 Å². The number of terminal acetylenes is 1. The summed E-state index contributed by atoms with van der Waals surface area (Å²) in [5.74, 6) is -0.533. The van der Waals surface area contributed by atoms with Crippen molar-refractivity contribution < 1.29 is 13.6 Å². The molecule has 0 atom stereocenters. The smallest absolute Gasteiger partial charge is 0.272 e. The Morgan fingerprint density at radius 3 is 2.84 bits per heavy atom. The summed E-state index contributed by atoms with van der Waals surface area (Å²) in [5.41, 5.74) is 0.733. The van der Waals surface area contributed by atoms with Crippen LogP contribution in [-0.2, 0) is 7.05 Å². The number of carbonyl (C=O) groups is 1. The number of nitrogens with one attached hydrogen (secondary N) is 1. The molecular formula is C12H14F2N4O. The van der Waals surface area contributed by atoms with E-state index >= 15 is 0 Å². The molecule has 1 aliphatic heterocycles. The molecule has 1 aromatic heterocycles. The lowest BCUT2D eigenvalue weighted by Gasteiger charge is -2.38. The maximum atomic E-state index is 12.6. The summed E-state index contributed by atoms with van der Waals surface area (Å²) in [5, 5.41) is 6.59. The third-order valence-electron chi connectivity index (χ3n) is 2.88. The highest BCUT2D eigenvalue weighted by Gasteiger charge is 2.43.